The molecule has 0 saturated heterocycles. The molecule has 2 aromatic rings. The van der Waals surface area contributed by atoms with E-state index in [1.54, 1.807) is 0 Å². The summed E-state index contributed by atoms with van der Waals surface area (Å²) in [5.74, 6) is 0.627. The zero-order chi connectivity index (χ0) is 14.1. The number of fused-ring (bicyclic) bond motifs is 1. The van der Waals surface area contributed by atoms with Crippen LogP contribution < -0.4 is 5.32 Å². The number of hydrogen-bond donors (Lipinski definition) is 1. The quantitative estimate of drug-likeness (QED) is 0.819. The lowest BCUT2D eigenvalue weighted by atomic mass is 9.81. The average Bonchev–Trinajstić information content (AvgIpc) is 2.42. The molecule has 0 amide bonds. The number of benzene rings is 2. The zero-order valence-electron chi connectivity index (χ0n) is 12.6. The van der Waals surface area contributed by atoms with E-state index in [-0.39, 0.29) is 0 Å². The minimum atomic E-state index is 0.555. The second kappa shape index (κ2) is 5.32. The standard InChI is InChI=1S/C19H23N/c1-13-7-6-8-14(2)18(13)12-16-11-15(3)20-19-10-5-4-9-17(16)19/h4-10,15-16,20H,11-12H2,1-3H3. The molecule has 0 bridgehead atoms. The average molecular weight is 265 g/mol. The summed E-state index contributed by atoms with van der Waals surface area (Å²) >= 11 is 0. The number of rotatable bonds is 2. The van der Waals surface area contributed by atoms with E-state index >= 15 is 0 Å². The maximum Gasteiger partial charge on any atom is 0.0377 e. The predicted molar refractivity (Wildman–Crippen MR) is 86.5 cm³/mol. The van der Waals surface area contributed by atoms with Crippen LogP contribution in [-0.2, 0) is 6.42 Å². The van der Waals surface area contributed by atoms with E-state index in [0.717, 1.165) is 6.42 Å². The molecule has 2 unspecified atom stereocenters. The van der Waals surface area contributed by atoms with Crippen LogP contribution in [0.3, 0.4) is 0 Å². The highest BCUT2D eigenvalue weighted by Crippen LogP contribution is 2.37. The summed E-state index contributed by atoms with van der Waals surface area (Å²) in [4.78, 5) is 0. The van der Waals surface area contributed by atoms with Crippen molar-refractivity contribution in [3.63, 3.8) is 0 Å². The Kier molecular flexibility index (Phi) is 3.52. The van der Waals surface area contributed by atoms with Crippen molar-refractivity contribution in [3.8, 4) is 0 Å². The van der Waals surface area contributed by atoms with Crippen LogP contribution in [-0.4, -0.2) is 6.04 Å². The summed E-state index contributed by atoms with van der Waals surface area (Å²) < 4.78 is 0. The van der Waals surface area contributed by atoms with Gasteiger partial charge in [-0.2, -0.15) is 0 Å². The van der Waals surface area contributed by atoms with Gasteiger partial charge in [0.15, 0.2) is 0 Å². The normalized spacial score (nSPS) is 21.1. The maximum atomic E-state index is 3.60. The van der Waals surface area contributed by atoms with Gasteiger partial charge in [-0.15, -0.1) is 0 Å². The minimum absolute atomic E-state index is 0.555. The van der Waals surface area contributed by atoms with E-state index in [9.17, 15) is 0 Å². The molecule has 0 aromatic heterocycles. The van der Waals surface area contributed by atoms with Crippen LogP contribution in [0.2, 0.25) is 0 Å². The summed E-state index contributed by atoms with van der Waals surface area (Å²) in [5, 5.41) is 3.60. The topological polar surface area (TPSA) is 12.0 Å². The second-order valence-electron chi connectivity index (χ2n) is 6.14. The first-order valence-corrected chi connectivity index (χ1v) is 7.55. The predicted octanol–water partition coefficient (Wildman–Crippen LogP) is 4.83. The molecule has 1 heteroatoms. The molecule has 104 valence electrons. The molecule has 3 rings (SSSR count). The Morgan fingerprint density at radius 2 is 1.70 bits per heavy atom. The molecular weight excluding hydrogens is 242 g/mol. The first-order chi connectivity index (χ1) is 9.65. The first kappa shape index (κ1) is 13.2. The van der Waals surface area contributed by atoms with Crippen molar-refractivity contribution < 1.29 is 0 Å². The van der Waals surface area contributed by atoms with Crippen molar-refractivity contribution in [1.29, 1.82) is 0 Å². The minimum Gasteiger partial charge on any atom is -0.382 e. The molecule has 2 aromatic carbocycles. The summed E-state index contributed by atoms with van der Waals surface area (Å²) in [6.07, 6.45) is 2.37. The van der Waals surface area contributed by atoms with E-state index in [1.807, 2.05) is 0 Å². The van der Waals surface area contributed by atoms with Gasteiger partial charge in [0.25, 0.3) is 0 Å². The fraction of sp³-hybridized carbons (Fsp3) is 0.368. The van der Waals surface area contributed by atoms with Crippen molar-refractivity contribution in [2.45, 2.75) is 45.6 Å². The van der Waals surface area contributed by atoms with Crippen molar-refractivity contribution in [1.82, 2.24) is 0 Å². The van der Waals surface area contributed by atoms with Gasteiger partial charge < -0.3 is 5.32 Å². The van der Waals surface area contributed by atoms with Crippen LogP contribution in [0.1, 0.15) is 41.5 Å². The highest BCUT2D eigenvalue weighted by molar-refractivity contribution is 5.56. The van der Waals surface area contributed by atoms with E-state index < -0.39 is 0 Å². The lowest BCUT2D eigenvalue weighted by Crippen LogP contribution is -2.26. The van der Waals surface area contributed by atoms with E-state index in [0.29, 0.717) is 12.0 Å². The molecule has 1 aliphatic heterocycles. The summed E-state index contributed by atoms with van der Waals surface area (Å²) in [7, 11) is 0. The van der Waals surface area contributed by atoms with Crippen LogP contribution in [0.5, 0.6) is 0 Å². The van der Waals surface area contributed by atoms with Crippen molar-refractivity contribution in [2.75, 3.05) is 5.32 Å². The molecule has 0 radical (unpaired) electrons. The van der Waals surface area contributed by atoms with E-state index in [2.05, 4.69) is 68.6 Å². The first-order valence-electron chi connectivity index (χ1n) is 7.55. The van der Waals surface area contributed by atoms with E-state index in [4.69, 9.17) is 0 Å². The van der Waals surface area contributed by atoms with Crippen LogP contribution in [0.4, 0.5) is 5.69 Å². The summed E-state index contributed by atoms with van der Waals surface area (Å²) in [5.41, 5.74) is 7.18. The van der Waals surface area contributed by atoms with Gasteiger partial charge in [0, 0.05) is 11.7 Å². The number of nitrogens with one attached hydrogen (secondary N) is 1. The molecule has 1 heterocycles. The van der Waals surface area contributed by atoms with Gasteiger partial charge >= 0.3 is 0 Å². The second-order valence-corrected chi connectivity index (χ2v) is 6.14. The fourth-order valence-corrected chi connectivity index (χ4v) is 3.47. The highest BCUT2D eigenvalue weighted by atomic mass is 14.9. The molecular formula is C19H23N. The summed E-state index contributed by atoms with van der Waals surface area (Å²) in [6.45, 7) is 6.76. The SMILES string of the molecule is Cc1cccc(C)c1CC1CC(C)Nc2ccccc21. The number of anilines is 1. The van der Waals surface area contributed by atoms with Crippen LogP contribution in [0.15, 0.2) is 42.5 Å². The van der Waals surface area contributed by atoms with Crippen LogP contribution in [0.25, 0.3) is 0 Å². The third kappa shape index (κ3) is 2.45. The molecule has 0 fully saturated rings. The molecule has 0 spiro atoms. The van der Waals surface area contributed by atoms with Gasteiger partial charge in [-0.05, 0) is 67.9 Å². The lowest BCUT2D eigenvalue weighted by Gasteiger charge is -2.32. The Labute approximate surface area is 122 Å². The summed E-state index contributed by atoms with van der Waals surface area (Å²) in [6, 6.07) is 16.0. The number of hydrogen-bond acceptors (Lipinski definition) is 1. The number of para-hydroxylation sites is 1. The molecule has 20 heavy (non-hydrogen) atoms. The Bertz CT molecular complexity index is 595. The van der Waals surface area contributed by atoms with Crippen molar-refractivity contribution >= 4 is 5.69 Å². The van der Waals surface area contributed by atoms with Crippen LogP contribution >= 0.6 is 0 Å². The van der Waals surface area contributed by atoms with Crippen LogP contribution in [0, 0.1) is 13.8 Å². The van der Waals surface area contributed by atoms with Gasteiger partial charge in [0.2, 0.25) is 0 Å². The van der Waals surface area contributed by atoms with Crippen molar-refractivity contribution in [2.24, 2.45) is 0 Å². The highest BCUT2D eigenvalue weighted by Gasteiger charge is 2.24. The Balaban J connectivity index is 1.95. The van der Waals surface area contributed by atoms with Crippen molar-refractivity contribution in [3.05, 3.63) is 64.7 Å². The molecule has 1 aliphatic rings. The van der Waals surface area contributed by atoms with Gasteiger partial charge in [-0.3, -0.25) is 0 Å². The van der Waals surface area contributed by atoms with Gasteiger partial charge in [0.1, 0.15) is 0 Å². The molecule has 1 nitrogen and oxygen atoms in total. The largest absolute Gasteiger partial charge is 0.382 e. The molecule has 2 atom stereocenters. The smallest absolute Gasteiger partial charge is 0.0377 e. The fourth-order valence-electron chi connectivity index (χ4n) is 3.47. The number of aryl methyl sites for hydroxylation is 2. The molecule has 0 saturated carbocycles. The molecule has 1 N–H and O–H groups in total. The van der Waals surface area contributed by atoms with Gasteiger partial charge in [0.05, 0.1) is 0 Å². The lowest BCUT2D eigenvalue weighted by molar-refractivity contribution is 0.549. The zero-order valence-corrected chi connectivity index (χ0v) is 12.6. The Morgan fingerprint density at radius 3 is 2.45 bits per heavy atom. The third-order valence-electron chi connectivity index (χ3n) is 4.54. The monoisotopic (exact) mass is 265 g/mol. The Morgan fingerprint density at radius 1 is 1.00 bits per heavy atom. The van der Waals surface area contributed by atoms with Gasteiger partial charge in [-0.25, -0.2) is 0 Å². The Hall–Kier alpha value is -1.76. The van der Waals surface area contributed by atoms with Gasteiger partial charge in [-0.1, -0.05) is 36.4 Å². The van der Waals surface area contributed by atoms with E-state index in [1.165, 1.54) is 34.4 Å². The third-order valence-corrected chi connectivity index (χ3v) is 4.54. The molecule has 0 aliphatic carbocycles. The maximum absolute atomic E-state index is 3.60.